The zero-order valence-corrected chi connectivity index (χ0v) is 19.2. The van der Waals surface area contributed by atoms with Crippen LogP contribution in [0.5, 0.6) is 0 Å². The molecule has 1 atom stereocenters. The van der Waals surface area contributed by atoms with Crippen LogP contribution >= 0.6 is 11.6 Å². The van der Waals surface area contributed by atoms with Gasteiger partial charge in [-0.2, -0.15) is 4.31 Å². The zero-order valence-electron chi connectivity index (χ0n) is 17.7. The van der Waals surface area contributed by atoms with Crippen molar-refractivity contribution in [1.82, 2.24) is 9.21 Å². The Labute approximate surface area is 193 Å². The summed E-state index contributed by atoms with van der Waals surface area (Å²) in [5.41, 5.74) is 1.24. The molecule has 0 spiro atoms. The minimum atomic E-state index is -3.59. The van der Waals surface area contributed by atoms with Gasteiger partial charge < -0.3 is 10.2 Å². The van der Waals surface area contributed by atoms with Gasteiger partial charge in [-0.25, -0.2) is 8.42 Å². The maximum Gasteiger partial charge on any atom is 0.243 e. The number of rotatable bonds is 6. The third-order valence-corrected chi connectivity index (χ3v) is 8.22. The van der Waals surface area contributed by atoms with E-state index in [9.17, 15) is 18.0 Å². The van der Waals surface area contributed by atoms with Crippen molar-refractivity contribution in [3.8, 4) is 0 Å². The van der Waals surface area contributed by atoms with Crippen LogP contribution in [0.3, 0.4) is 0 Å². The Morgan fingerprint density at radius 3 is 2.56 bits per heavy atom. The lowest BCUT2D eigenvalue weighted by Crippen LogP contribution is -2.35. The Balaban J connectivity index is 1.41. The largest absolute Gasteiger partial charge is 0.337 e. The molecule has 2 aromatic carbocycles. The number of nitrogens with zero attached hydrogens (tertiary/aromatic N) is 2. The molecule has 2 saturated heterocycles. The van der Waals surface area contributed by atoms with Gasteiger partial charge in [0.15, 0.2) is 0 Å². The molecule has 4 rings (SSSR count). The summed E-state index contributed by atoms with van der Waals surface area (Å²) in [6.07, 6.45) is 2.86. The molecule has 0 aromatic heterocycles. The van der Waals surface area contributed by atoms with Gasteiger partial charge >= 0.3 is 0 Å². The van der Waals surface area contributed by atoms with Gasteiger partial charge in [-0.15, -0.1) is 0 Å². The maximum atomic E-state index is 12.9. The van der Waals surface area contributed by atoms with Crippen LogP contribution in [0.2, 0.25) is 5.02 Å². The topological polar surface area (TPSA) is 86.8 Å². The zero-order chi connectivity index (χ0) is 22.7. The molecule has 32 heavy (non-hydrogen) atoms. The molecule has 2 fully saturated rings. The van der Waals surface area contributed by atoms with Crippen LogP contribution in [0.4, 0.5) is 5.69 Å². The van der Waals surface area contributed by atoms with Gasteiger partial charge in [0, 0.05) is 43.3 Å². The SMILES string of the molecule is O=C(Nc1cccc(S(=O)(=O)N2CCCCC2)c1)[C@H]1CC(=O)N(Cc2ccccc2Cl)C1. The molecule has 0 saturated carbocycles. The highest BCUT2D eigenvalue weighted by Gasteiger charge is 2.34. The number of nitrogens with one attached hydrogen (secondary N) is 1. The summed E-state index contributed by atoms with van der Waals surface area (Å²) in [5.74, 6) is -0.911. The number of carbonyl (C=O) groups excluding carboxylic acids is 2. The second kappa shape index (κ2) is 9.60. The van der Waals surface area contributed by atoms with Gasteiger partial charge in [-0.1, -0.05) is 42.3 Å². The van der Waals surface area contributed by atoms with Crippen LogP contribution < -0.4 is 5.32 Å². The number of carbonyl (C=O) groups is 2. The lowest BCUT2D eigenvalue weighted by Gasteiger charge is -2.26. The normalized spacial score (nSPS) is 19.8. The number of likely N-dealkylation sites (tertiary alicyclic amines) is 1. The average Bonchev–Trinajstić information content (AvgIpc) is 3.16. The van der Waals surface area contributed by atoms with Crippen LogP contribution in [0, 0.1) is 5.92 Å². The molecule has 7 nitrogen and oxygen atoms in total. The molecule has 2 amide bonds. The highest BCUT2D eigenvalue weighted by Crippen LogP contribution is 2.26. The quantitative estimate of drug-likeness (QED) is 0.692. The fourth-order valence-electron chi connectivity index (χ4n) is 4.17. The van der Waals surface area contributed by atoms with Crippen molar-refractivity contribution in [1.29, 1.82) is 0 Å². The molecule has 0 aliphatic carbocycles. The van der Waals surface area contributed by atoms with E-state index in [4.69, 9.17) is 11.6 Å². The summed E-state index contributed by atoms with van der Waals surface area (Å²) in [4.78, 5) is 27.0. The number of amides is 2. The predicted octanol–water partition coefficient (Wildman–Crippen LogP) is 3.50. The first kappa shape index (κ1) is 22.8. The highest BCUT2D eigenvalue weighted by molar-refractivity contribution is 7.89. The van der Waals surface area contributed by atoms with E-state index in [0.717, 1.165) is 24.8 Å². The first-order valence-electron chi connectivity index (χ1n) is 10.8. The molecule has 2 aliphatic heterocycles. The number of anilines is 1. The van der Waals surface area contributed by atoms with Gasteiger partial charge in [0.2, 0.25) is 21.8 Å². The Morgan fingerprint density at radius 2 is 1.81 bits per heavy atom. The van der Waals surface area contributed by atoms with Gasteiger partial charge in [0.25, 0.3) is 0 Å². The van der Waals surface area contributed by atoms with Crippen LogP contribution in [-0.2, 0) is 26.2 Å². The lowest BCUT2D eigenvalue weighted by atomic mass is 10.1. The van der Waals surface area contributed by atoms with Crippen molar-refractivity contribution in [3.05, 3.63) is 59.1 Å². The van der Waals surface area contributed by atoms with Crippen LogP contribution in [0.1, 0.15) is 31.2 Å². The molecule has 1 N–H and O–H groups in total. The standard InChI is InChI=1S/C23H26ClN3O4S/c24-21-10-3-2-7-17(21)15-26-16-18(13-22(26)28)23(29)25-19-8-6-9-20(14-19)32(30,31)27-11-4-1-5-12-27/h2-3,6-10,14,18H,1,4-5,11-13,15-16H2,(H,25,29)/t18-/m0/s1. The molecule has 0 unspecified atom stereocenters. The van der Waals surface area contributed by atoms with Gasteiger partial charge in [-0.05, 0) is 42.7 Å². The van der Waals surface area contributed by atoms with E-state index >= 15 is 0 Å². The van der Waals surface area contributed by atoms with E-state index in [1.165, 1.54) is 10.4 Å². The molecule has 0 radical (unpaired) electrons. The predicted molar refractivity (Wildman–Crippen MR) is 123 cm³/mol. The van der Waals surface area contributed by atoms with Gasteiger partial charge in [0.05, 0.1) is 10.8 Å². The fraction of sp³-hybridized carbons (Fsp3) is 0.391. The number of halogens is 1. The van der Waals surface area contributed by atoms with Crippen molar-refractivity contribution in [3.63, 3.8) is 0 Å². The number of benzene rings is 2. The smallest absolute Gasteiger partial charge is 0.243 e. The second-order valence-corrected chi connectivity index (χ2v) is 10.6. The summed E-state index contributed by atoms with van der Waals surface area (Å²) >= 11 is 6.19. The minimum absolute atomic E-state index is 0.105. The second-order valence-electron chi connectivity index (χ2n) is 8.25. The van der Waals surface area contributed by atoms with E-state index in [-0.39, 0.29) is 23.1 Å². The van der Waals surface area contributed by atoms with E-state index in [0.29, 0.717) is 36.9 Å². The monoisotopic (exact) mass is 475 g/mol. The summed E-state index contributed by atoms with van der Waals surface area (Å²) in [5, 5.41) is 3.37. The van der Waals surface area contributed by atoms with Crippen LogP contribution in [0.15, 0.2) is 53.4 Å². The van der Waals surface area contributed by atoms with Crippen LogP contribution in [0.25, 0.3) is 0 Å². The first-order valence-corrected chi connectivity index (χ1v) is 12.6. The summed E-state index contributed by atoms with van der Waals surface area (Å²) in [6.45, 7) is 1.68. The molecule has 0 bridgehead atoms. The van der Waals surface area contributed by atoms with Crippen molar-refractivity contribution >= 4 is 39.1 Å². The van der Waals surface area contributed by atoms with E-state index in [2.05, 4.69) is 5.32 Å². The van der Waals surface area contributed by atoms with Crippen molar-refractivity contribution in [2.45, 2.75) is 37.1 Å². The van der Waals surface area contributed by atoms with Crippen LogP contribution in [-0.4, -0.2) is 49.1 Å². The Hall–Kier alpha value is -2.42. The van der Waals surface area contributed by atoms with Crippen molar-refractivity contribution in [2.24, 2.45) is 5.92 Å². The third kappa shape index (κ3) is 4.98. The minimum Gasteiger partial charge on any atom is -0.337 e. The van der Waals surface area contributed by atoms with Gasteiger partial charge in [-0.3, -0.25) is 9.59 Å². The number of hydrogen-bond acceptors (Lipinski definition) is 4. The molecule has 9 heteroatoms. The molecule has 2 heterocycles. The molecule has 2 aromatic rings. The summed E-state index contributed by atoms with van der Waals surface area (Å²) < 4.78 is 27.3. The highest BCUT2D eigenvalue weighted by atomic mass is 35.5. The van der Waals surface area contributed by atoms with Gasteiger partial charge in [0.1, 0.15) is 0 Å². The number of hydrogen-bond donors (Lipinski definition) is 1. The van der Waals surface area contributed by atoms with Crippen molar-refractivity contribution < 1.29 is 18.0 Å². The van der Waals surface area contributed by atoms with Crippen molar-refractivity contribution in [2.75, 3.05) is 25.0 Å². The first-order chi connectivity index (χ1) is 15.3. The maximum absolute atomic E-state index is 12.9. The number of sulfonamides is 1. The van der Waals surface area contributed by atoms with E-state index < -0.39 is 15.9 Å². The molecule has 170 valence electrons. The molecular formula is C23H26ClN3O4S. The Morgan fingerprint density at radius 1 is 1.06 bits per heavy atom. The summed E-state index contributed by atoms with van der Waals surface area (Å²) in [6, 6.07) is 13.6. The summed E-state index contributed by atoms with van der Waals surface area (Å²) in [7, 11) is -3.59. The third-order valence-electron chi connectivity index (χ3n) is 5.96. The van der Waals surface area contributed by atoms with E-state index in [1.54, 1.807) is 29.2 Å². The number of piperidine rings is 1. The lowest BCUT2D eigenvalue weighted by molar-refractivity contribution is -0.128. The Kier molecular flexibility index (Phi) is 6.83. The van der Waals surface area contributed by atoms with E-state index in [1.807, 2.05) is 18.2 Å². The molecular weight excluding hydrogens is 450 g/mol. The Bertz CT molecular complexity index is 1120. The molecule has 2 aliphatic rings. The average molecular weight is 476 g/mol. The fourth-order valence-corrected chi connectivity index (χ4v) is 5.92.